The highest BCUT2D eigenvalue weighted by molar-refractivity contribution is 6.07. The molecule has 3 heterocycles. The molecule has 2 fully saturated rings. The van der Waals surface area contributed by atoms with Crippen molar-refractivity contribution in [3.63, 3.8) is 0 Å². The van der Waals surface area contributed by atoms with Crippen molar-refractivity contribution in [1.29, 1.82) is 0 Å². The SMILES string of the molecule is Cc1[nH]nc2nc(-c3ccc(O)cc3)cc(C(=O)N3CCN(C4CCC4)CC3)c12. The average molecular weight is 391 g/mol. The molecule has 150 valence electrons. The fourth-order valence-electron chi connectivity index (χ4n) is 4.34. The van der Waals surface area contributed by atoms with Crippen LogP contribution in [0, 0.1) is 6.92 Å². The molecule has 3 aromatic rings. The number of nitrogens with zero attached hydrogens (tertiary/aromatic N) is 4. The highest BCUT2D eigenvalue weighted by Gasteiger charge is 2.30. The Morgan fingerprint density at radius 1 is 1.14 bits per heavy atom. The van der Waals surface area contributed by atoms with Crippen LogP contribution in [0.3, 0.4) is 0 Å². The van der Waals surface area contributed by atoms with Crippen LogP contribution < -0.4 is 0 Å². The van der Waals surface area contributed by atoms with Gasteiger partial charge in [-0.15, -0.1) is 0 Å². The Balaban J connectivity index is 1.47. The van der Waals surface area contributed by atoms with Gasteiger partial charge in [0.1, 0.15) is 5.75 Å². The number of hydrogen-bond acceptors (Lipinski definition) is 5. The van der Waals surface area contributed by atoms with Crippen molar-refractivity contribution in [1.82, 2.24) is 25.0 Å². The van der Waals surface area contributed by atoms with Crippen LogP contribution in [-0.2, 0) is 0 Å². The number of aryl methyl sites for hydroxylation is 1. The van der Waals surface area contributed by atoms with E-state index in [1.807, 2.05) is 17.9 Å². The first-order valence-electron chi connectivity index (χ1n) is 10.3. The van der Waals surface area contributed by atoms with E-state index in [0.29, 0.717) is 16.9 Å². The largest absolute Gasteiger partial charge is 0.508 e. The van der Waals surface area contributed by atoms with Crippen LogP contribution in [0.4, 0.5) is 0 Å². The van der Waals surface area contributed by atoms with Gasteiger partial charge in [0, 0.05) is 43.5 Å². The summed E-state index contributed by atoms with van der Waals surface area (Å²) < 4.78 is 0. The van der Waals surface area contributed by atoms with E-state index >= 15 is 0 Å². The molecule has 0 bridgehead atoms. The van der Waals surface area contributed by atoms with Gasteiger partial charge < -0.3 is 10.0 Å². The molecule has 1 saturated heterocycles. The lowest BCUT2D eigenvalue weighted by Crippen LogP contribution is -2.53. The van der Waals surface area contributed by atoms with E-state index in [-0.39, 0.29) is 11.7 Å². The molecular formula is C22H25N5O2. The summed E-state index contributed by atoms with van der Waals surface area (Å²) in [5.41, 5.74) is 3.56. The maximum atomic E-state index is 13.5. The van der Waals surface area contributed by atoms with Crippen molar-refractivity contribution in [2.75, 3.05) is 26.2 Å². The molecule has 2 aliphatic rings. The fourth-order valence-corrected chi connectivity index (χ4v) is 4.34. The Bertz CT molecular complexity index is 1050. The normalized spacial score (nSPS) is 18.2. The van der Waals surface area contributed by atoms with Crippen molar-refractivity contribution < 1.29 is 9.90 Å². The second kappa shape index (κ2) is 7.15. The molecule has 5 rings (SSSR count). The number of H-pyrrole nitrogens is 1. The predicted octanol–water partition coefficient (Wildman–Crippen LogP) is 2.95. The van der Waals surface area contributed by atoms with E-state index < -0.39 is 0 Å². The van der Waals surface area contributed by atoms with Gasteiger partial charge in [0.15, 0.2) is 5.65 Å². The summed E-state index contributed by atoms with van der Waals surface area (Å²) in [5.74, 6) is 0.237. The number of carbonyl (C=O) groups is 1. The summed E-state index contributed by atoms with van der Waals surface area (Å²) in [5, 5.41) is 17.6. The first-order chi connectivity index (χ1) is 14.1. The van der Waals surface area contributed by atoms with Gasteiger partial charge in [0.2, 0.25) is 0 Å². The Kier molecular flexibility index (Phi) is 4.47. The second-order valence-corrected chi connectivity index (χ2v) is 8.06. The number of phenols is 1. The van der Waals surface area contributed by atoms with Crippen LogP contribution >= 0.6 is 0 Å². The number of aromatic amines is 1. The number of benzene rings is 1. The van der Waals surface area contributed by atoms with Gasteiger partial charge in [0.05, 0.1) is 16.6 Å². The summed E-state index contributed by atoms with van der Waals surface area (Å²) in [4.78, 5) is 22.6. The number of fused-ring (bicyclic) bond motifs is 1. The molecule has 0 atom stereocenters. The highest BCUT2D eigenvalue weighted by Crippen LogP contribution is 2.29. The number of rotatable bonds is 3. The van der Waals surface area contributed by atoms with Crippen molar-refractivity contribution in [2.45, 2.75) is 32.2 Å². The topological polar surface area (TPSA) is 85.3 Å². The smallest absolute Gasteiger partial charge is 0.254 e. The summed E-state index contributed by atoms with van der Waals surface area (Å²) in [6.07, 6.45) is 3.92. The first kappa shape index (κ1) is 18.1. The van der Waals surface area contributed by atoms with Gasteiger partial charge >= 0.3 is 0 Å². The lowest BCUT2D eigenvalue weighted by Gasteiger charge is -2.43. The first-order valence-corrected chi connectivity index (χ1v) is 10.3. The van der Waals surface area contributed by atoms with E-state index in [1.54, 1.807) is 24.3 Å². The number of piperazine rings is 1. The molecular weight excluding hydrogens is 366 g/mol. The van der Waals surface area contributed by atoms with Crippen LogP contribution in [0.5, 0.6) is 5.75 Å². The van der Waals surface area contributed by atoms with Crippen molar-refractivity contribution in [3.05, 3.63) is 41.6 Å². The third-order valence-corrected chi connectivity index (χ3v) is 6.29. The van der Waals surface area contributed by atoms with E-state index in [9.17, 15) is 9.90 Å². The van der Waals surface area contributed by atoms with Gasteiger partial charge in [-0.05, 0) is 50.1 Å². The van der Waals surface area contributed by atoms with Crippen LogP contribution in [0.1, 0.15) is 35.3 Å². The number of nitrogens with one attached hydrogen (secondary N) is 1. The van der Waals surface area contributed by atoms with Gasteiger partial charge in [-0.2, -0.15) is 5.10 Å². The highest BCUT2D eigenvalue weighted by atomic mass is 16.3. The molecule has 0 spiro atoms. The number of amides is 1. The third-order valence-electron chi connectivity index (χ3n) is 6.29. The Hall–Kier alpha value is -2.93. The lowest BCUT2D eigenvalue weighted by molar-refractivity contribution is 0.0457. The summed E-state index contributed by atoms with van der Waals surface area (Å²) >= 11 is 0. The summed E-state index contributed by atoms with van der Waals surface area (Å²) in [6, 6.07) is 9.43. The standard InChI is InChI=1S/C22H25N5O2/c1-14-20-18(22(29)27-11-9-26(10-12-27)16-3-2-4-16)13-19(23-21(20)25-24-14)15-5-7-17(28)8-6-15/h5-8,13,16,28H,2-4,9-12H2,1H3,(H,23,24,25). The zero-order valence-corrected chi connectivity index (χ0v) is 16.6. The molecule has 1 aliphatic heterocycles. The zero-order valence-electron chi connectivity index (χ0n) is 16.6. The van der Waals surface area contributed by atoms with E-state index in [0.717, 1.165) is 48.9 Å². The number of hydrogen-bond donors (Lipinski definition) is 2. The maximum Gasteiger partial charge on any atom is 0.254 e. The Morgan fingerprint density at radius 3 is 2.52 bits per heavy atom. The summed E-state index contributed by atoms with van der Waals surface area (Å²) in [7, 11) is 0. The molecule has 2 N–H and O–H groups in total. The Labute approximate surface area is 169 Å². The number of pyridine rings is 1. The maximum absolute atomic E-state index is 13.5. The molecule has 1 aromatic carbocycles. The van der Waals surface area contributed by atoms with Gasteiger partial charge in [0.25, 0.3) is 5.91 Å². The third kappa shape index (κ3) is 3.25. The van der Waals surface area contributed by atoms with Crippen LogP contribution in [0.25, 0.3) is 22.3 Å². The van der Waals surface area contributed by atoms with Gasteiger partial charge in [-0.1, -0.05) is 6.42 Å². The van der Waals surface area contributed by atoms with E-state index in [4.69, 9.17) is 0 Å². The lowest BCUT2D eigenvalue weighted by atomic mass is 9.91. The molecule has 0 unspecified atom stereocenters. The Morgan fingerprint density at radius 2 is 1.86 bits per heavy atom. The minimum Gasteiger partial charge on any atom is -0.508 e. The molecule has 29 heavy (non-hydrogen) atoms. The predicted molar refractivity (Wildman–Crippen MR) is 111 cm³/mol. The second-order valence-electron chi connectivity index (χ2n) is 8.06. The van der Waals surface area contributed by atoms with Crippen LogP contribution in [0.2, 0.25) is 0 Å². The molecule has 0 radical (unpaired) electrons. The van der Waals surface area contributed by atoms with Crippen LogP contribution in [-0.4, -0.2) is 68.2 Å². The molecule has 7 nitrogen and oxygen atoms in total. The molecule has 2 aromatic heterocycles. The molecule has 1 aliphatic carbocycles. The molecule has 7 heteroatoms. The average Bonchev–Trinajstić information content (AvgIpc) is 3.08. The minimum absolute atomic E-state index is 0.0372. The number of aromatic hydroxyl groups is 1. The van der Waals surface area contributed by atoms with E-state index in [2.05, 4.69) is 20.1 Å². The van der Waals surface area contributed by atoms with Crippen LogP contribution in [0.15, 0.2) is 30.3 Å². The van der Waals surface area contributed by atoms with Crippen molar-refractivity contribution in [2.24, 2.45) is 0 Å². The van der Waals surface area contributed by atoms with Gasteiger partial charge in [-0.3, -0.25) is 14.8 Å². The number of phenolic OH excluding ortho intramolecular Hbond substituents is 1. The number of carbonyl (C=O) groups excluding carboxylic acids is 1. The minimum atomic E-state index is 0.0372. The van der Waals surface area contributed by atoms with Crippen molar-refractivity contribution >= 4 is 16.9 Å². The fraction of sp³-hybridized carbons (Fsp3) is 0.409. The summed E-state index contributed by atoms with van der Waals surface area (Å²) in [6.45, 7) is 5.32. The monoisotopic (exact) mass is 391 g/mol. The van der Waals surface area contributed by atoms with Crippen molar-refractivity contribution in [3.8, 4) is 17.0 Å². The molecule has 1 amide bonds. The number of aromatic nitrogens is 3. The zero-order chi connectivity index (χ0) is 20.0. The quantitative estimate of drug-likeness (QED) is 0.717. The molecule has 1 saturated carbocycles. The van der Waals surface area contributed by atoms with Gasteiger partial charge in [-0.25, -0.2) is 4.98 Å². The van der Waals surface area contributed by atoms with E-state index in [1.165, 1.54) is 19.3 Å².